The molecule has 0 aliphatic heterocycles. The number of carbonyl (C=O) groups is 3. The maximum atomic E-state index is 12.6. The zero-order valence-corrected chi connectivity index (χ0v) is 16.0. The zero-order chi connectivity index (χ0) is 19.4. The van der Waals surface area contributed by atoms with Gasteiger partial charge in [0.2, 0.25) is 5.78 Å². The van der Waals surface area contributed by atoms with Crippen LogP contribution < -0.4 is 0 Å². The number of carbonyl (C=O) groups excluding carboxylic acids is 3. The van der Waals surface area contributed by atoms with Crippen LogP contribution in [0.4, 0.5) is 0 Å². The van der Waals surface area contributed by atoms with Crippen LogP contribution in [0.5, 0.6) is 0 Å². The third kappa shape index (κ3) is 4.26. The monoisotopic (exact) mass is 376 g/mol. The topological polar surface area (TPSA) is 98.4 Å². The molecule has 0 radical (unpaired) electrons. The number of hydrogen-bond acceptors (Lipinski definition) is 7. The predicted octanol–water partition coefficient (Wildman–Crippen LogP) is 3.01. The third-order valence-corrected chi connectivity index (χ3v) is 4.55. The quantitative estimate of drug-likeness (QED) is 0.473. The van der Waals surface area contributed by atoms with Crippen LogP contribution in [0.1, 0.15) is 49.7 Å². The fraction of sp³-hybridized carbons (Fsp3) is 0.333. The normalized spacial score (nSPS) is 12.2. The molecule has 0 bridgehead atoms. The Kier molecular flexibility index (Phi) is 6.10. The summed E-state index contributed by atoms with van der Waals surface area (Å²) in [7, 11) is 1.27. The third-order valence-electron chi connectivity index (χ3n) is 3.76. The Labute approximate surface area is 155 Å². The number of aromatic nitrogens is 2. The van der Waals surface area contributed by atoms with Crippen LogP contribution in [-0.2, 0) is 14.3 Å². The van der Waals surface area contributed by atoms with E-state index in [1.807, 2.05) is 12.3 Å². The Hall–Kier alpha value is -2.74. The summed E-state index contributed by atoms with van der Waals surface area (Å²) in [5.74, 6) is -1.60. The van der Waals surface area contributed by atoms with E-state index < -0.39 is 23.8 Å². The highest BCUT2D eigenvalue weighted by atomic mass is 32.1. The molecule has 2 rings (SSSR count). The second-order valence-corrected chi connectivity index (χ2v) is 6.75. The molecule has 0 saturated carbocycles. The van der Waals surface area contributed by atoms with Gasteiger partial charge in [-0.15, -0.1) is 11.3 Å². The number of rotatable bonds is 6. The van der Waals surface area contributed by atoms with Gasteiger partial charge in [0.15, 0.2) is 6.10 Å². The smallest absolute Gasteiger partial charge is 0.339 e. The van der Waals surface area contributed by atoms with E-state index in [-0.39, 0.29) is 5.69 Å². The molecule has 2 aromatic heterocycles. The highest BCUT2D eigenvalue weighted by molar-refractivity contribution is 7.09. The van der Waals surface area contributed by atoms with Crippen LogP contribution in [0.3, 0.4) is 0 Å². The zero-order valence-electron chi connectivity index (χ0n) is 15.2. The van der Waals surface area contributed by atoms with Crippen molar-refractivity contribution in [1.29, 1.82) is 0 Å². The van der Waals surface area contributed by atoms with Crippen molar-refractivity contribution in [2.75, 3.05) is 7.11 Å². The Morgan fingerprint density at radius 2 is 1.96 bits per heavy atom. The van der Waals surface area contributed by atoms with E-state index in [1.165, 1.54) is 37.5 Å². The second-order valence-electron chi connectivity index (χ2n) is 5.68. The van der Waals surface area contributed by atoms with Crippen molar-refractivity contribution in [2.45, 2.75) is 33.8 Å². The lowest BCUT2D eigenvalue weighted by molar-refractivity contribution is -0.140. The average Bonchev–Trinajstić information content (AvgIpc) is 3.14. The van der Waals surface area contributed by atoms with Gasteiger partial charge in [-0.2, -0.15) is 0 Å². The molecule has 2 heterocycles. The summed E-state index contributed by atoms with van der Waals surface area (Å²) in [4.78, 5) is 43.4. The first-order valence-electron chi connectivity index (χ1n) is 7.87. The number of aromatic amines is 1. The van der Waals surface area contributed by atoms with Crippen LogP contribution in [0.2, 0.25) is 0 Å². The lowest BCUT2D eigenvalue weighted by atomic mass is 10.1. The van der Waals surface area contributed by atoms with Gasteiger partial charge in [0.1, 0.15) is 0 Å². The number of ketones is 1. The number of nitrogens with zero attached hydrogens (tertiary/aromatic N) is 1. The van der Waals surface area contributed by atoms with Crippen molar-refractivity contribution in [2.24, 2.45) is 0 Å². The van der Waals surface area contributed by atoms with Crippen LogP contribution in [-0.4, -0.2) is 40.9 Å². The molecule has 1 N–H and O–H groups in total. The molecule has 1 atom stereocenters. The summed E-state index contributed by atoms with van der Waals surface area (Å²) in [5, 5.41) is 2.70. The number of esters is 2. The maximum Gasteiger partial charge on any atom is 0.339 e. The summed E-state index contributed by atoms with van der Waals surface area (Å²) >= 11 is 1.47. The fourth-order valence-electron chi connectivity index (χ4n) is 2.49. The number of methoxy groups -OCH3 is 1. The lowest BCUT2D eigenvalue weighted by Crippen LogP contribution is -2.24. The van der Waals surface area contributed by atoms with E-state index in [2.05, 4.69) is 9.97 Å². The number of Topliss-reactive ketones (excluding diaryl/α,β-unsaturated/α-hetero) is 1. The van der Waals surface area contributed by atoms with E-state index in [0.717, 1.165) is 5.01 Å². The second kappa shape index (κ2) is 8.09. The minimum absolute atomic E-state index is 0.224. The standard InChI is InChI=1S/C18H20N2O5S/c1-9-15(18(23)24-5)10(2)19-16(9)17(22)11(3)25-14(21)7-6-13-8-26-12(4)20-13/h6-8,11,19H,1-5H3/b7-6+. The van der Waals surface area contributed by atoms with Crippen LogP contribution >= 0.6 is 11.3 Å². The van der Waals surface area contributed by atoms with Gasteiger partial charge in [-0.05, 0) is 39.3 Å². The highest BCUT2D eigenvalue weighted by Crippen LogP contribution is 2.21. The molecular weight excluding hydrogens is 356 g/mol. The summed E-state index contributed by atoms with van der Waals surface area (Å²) in [6.45, 7) is 6.66. The highest BCUT2D eigenvalue weighted by Gasteiger charge is 2.26. The molecule has 0 saturated heterocycles. The molecule has 0 fully saturated rings. The molecule has 1 unspecified atom stereocenters. The van der Waals surface area contributed by atoms with Crippen molar-refractivity contribution in [3.05, 3.63) is 44.7 Å². The van der Waals surface area contributed by atoms with Crippen molar-refractivity contribution in [3.63, 3.8) is 0 Å². The first kappa shape index (κ1) is 19.6. The number of thiazole rings is 1. The van der Waals surface area contributed by atoms with E-state index in [9.17, 15) is 14.4 Å². The molecule has 7 nitrogen and oxygen atoms in total. The average molecular weight is 376 g/mol. The Balaban J connectivity index is 2.09. The first-order chi connectivity index (χ1) is 12.2. The van der Waals surface area contributed by atoms with Crippen molar-refractivity contribution >= 4 is 35.1 Å². The molecular formula is C18H20N2O5S. The van der Waals surface area contributed by atoms with Gasteiger partial charge in [-0.25, -0.2) is 14.6 Å². The van der Waals surface area contributed by atoms with Gasteiger partial charge >= 0.3 is 11.9 Å². The minimum Gasteiger partial charge on any atom is -0.465 e. The van der Waals surface area contributed by atoms with E-state index >= 15 is 0 Å². The van der Waals surface area contributed by atoms with Gasteiger partial charge in [-0.3, -0.25) is 4.79 Å². The largest absolute Gasteiger partial charge is 0.465 e. The Morgan fingerprint density at radius 3 is 2.54 bits per heavy atom. The van der Waals surface area contributed by atoms with Crippen molar-refractivity contribution < 1.29 is 23.9 Å². The van der Waals surface area contributed by atoms with E-state index in [0.29, 0.717) is 22.5 Å². The van der Waals surface area contributed by atoms with Gasteiger partial charge in [0, 0.05) is 17.2 Å². The van der Waals surface area contributed by atoms with Crippen molar-refractivity contribution in [3.8, 4) is 0 Å². The SMILES string of the molecule is COC(=O)c1c(C)[nH]c(C(=O)C(C)OC(=O)/C=C/c2csc(C)n2)c1C. The number of H-pyrrole nitrogens is 1. The maximum absolute atomic E-state index is 12.6. The Morgan fingerprint density at radius 1 is 1.27 bits per heavy atom. The lowest BCUT2D eigenvalue weighted by Gasteiger charge is -2.10. The van der Waals surface area contributed by atoms with Gasteiger partial charge in [0.25, 0.3) is 0 Å². The Bertz CT molecular complexity index is 878. The van der Waals surface area contributed by atoms with Gasteiger partial charge in [-0.1, -0.05) is 0 Å². The predicted molar refractivity (Wildman–Crippen MR) is 97.4 cm³/mol. The van der Waals surface area contributed by atoms with E-state index in [4.69, 9.17) is 9.47 Å². The van der Waals surface area contributed by atoms with Gasteiger partial charge in [0.05, 0.1) is 29.1 Å². The molecule has 8 heteroatoms. The van der Waals surface area contributed by atoms with Crippen molar-refractivity contribution in [1.82, 2.24) is 9.97 Å². The summed E-state index contributed by atoms with van der Waals surface area (Å²) in [6.07, 6.45) is 1.75. The molecule has 0 aliphatic carbocycles. The van der Waals surface area contributed by atoms with Gasteiger partial charge < -0.3 is 14.5 Å². The van der Waals surface area contributed by atoms with E-state index in [1.54, 1.807) is 13.8 Å². The molecule has 0 aromatic carbocycles. The molecule has 26 heavy (non-hydrogen) atoms. The summed E-state index contributed by atoms with van der Waals surface area (Å²) in [5.41, 5.74) is 2.18. The first-order valence-corrected chi connectivity index (χ1v) is 8.75. The summed E-state index contributed by atoms with van der Waals surface area (Å²) < 4.78 is 9.87. The number of hydrogen-bond donors (Lipinski definition) is 1. The number of aryl methyl sites for hydroxylation is 2. The number of nitrogens with one attached hydrogen (secondary N) is 1. The van der Waals surface area contributed by atoms with Crippen LogP contribution in [0, 0.1) is 20.8 Å². The molecule has 2 aromatic rings. The van der Waals surface area contributed by atoms with Crippen LogP contribution in [0.25, 0.3) is 6.08 Å². The minimum atomic E-state index is -1.01. The molecule has 0 spiro atoms. The molecule has 0 amide bonds. The summed E-state index contributed by atoms with van der Waals surface area (Å²) in [6, 6.07) is 0. The fourth-order valence-corrected chi connectivity index (χ4v) is 3.07. The number of ether oxygens (including phenoxy) is 2. The molecule has 138 valence electrons. The van der Waals surface area contributed by atoms with Crippen LogP contribution in [0.15, 0.2) is 11.5 Å². The molecule has 0 aliphatic rings.